The molecule has 5 heteroatoms. The van der Waals surface area contributed by atoms with Gasteiger partial charge in [0.1, 0.15) is 21.3 Å². The Morgan fingerprint density at radius 1 is 0.688 bits per heavy atom. The summed E-state index contributed by atoms with van der Waals surface area (Å²) in [5.41, 5.74) is 5.09. The maximum Gasteiger partial charge on any atom is 0.214 e. The van der Waals surface area contributed by atoms with Gasteiger partial charge in [-0.25, -0.2) is 8.42 Å². The summed E-state index contributed by atoms with van der Waals surface area (Å²) in [7, 11) is -3.69. The number of hydrogen-bond donors (Lipinski definition) is 0. The van der Waals surface area contributed by atoms with Gasteiger partial charge in [-0.15, -0.1) is 0 Å². The predicted molar refractivity (Wildman–Crippen MR) is 125 cm³/mol. The van der Waals surface area contributed by atoms with Gasteiger partial charge in [-0.05, 0) is 53.6 Å². The van der Waals surface area contributed by atoms with Crippen LogP contribution in [0.15, 0.2) is 101 Å². The summed E-state index contributed by atoms with van der Waals surface area (Å²) in [5, 5.41) is 0. The van der Waals surface area contributed by atoms with Crippen molar-refractivity contribution in [3.05, 3.63) is 102 Å². The minimum absolute atomic E-state index is 0.175. The maximum absolute atomic E-state index is 13.4. The lowest BCUT2D eigenvalue weighted by molar-refractivity contribution is 0.443. The molecule has 0 aliphatic carbocycles. The fourth-order valence-corrected chi connectivity index (χ4v) is 6.39. The Labute approximate surface area is 187 Å². The zero-order valence-corrected chi connectivity index (χ0v) is 18.6. The molecule has 0 aromatic heterocycles. The van der Waals surface area contributed by atoms with Gasteiger partial charge < -0.3 is 9.64 Å². The molecule has 2 aliphatic rings. The number of anilines is 3. The molecule has 0 radical (unpaired) electrons. The number of hydrogen-bond acceptors (Lipinski definition) is 4. The average Bonchev–Trinajstić information content (AvgIpc) is 2.80. The molecule has 4 aromatic rings. The van der Waals surface area contributed by atoms with E-state index in [0.717, 1.165) is 17.1 Å². The molecule has 32 heavy (non-hydrogen) atoms. The third kappa shape index (κ3) is 2.52. The molecular formula is C27H21NO3S. The van der Waals surface area contributed by atoms with Crippen LogP contribution in [0.25, 0.3) is 0 Å². The Balaban J connectivity index is 1.59. The third-order valence-corrected chi connectivity index (χ3v) is 8.28. The van der Waals surface area contributed by atoms with E-state index in [9.17, 15) is 8.42 Å². The molecule has 0 atom stereocenters. The van der Waals surface area contributed by atoms with E-state index in [1.807, 2.05) is 18.2 Å². The first-order valence-electron chi connectivity index (χ1n) is 10.5. The van der Waals surface area contributed by atoms with E-state index < -0.39 is 9.84 Å². The lowest BCUT2D eigenvalue weighted by atomic mass is 9.73. The molecule has 0 saturated carbocycles. The number of rotatable bonds is 1. The molecule has 0 unspecified atom stereocenters. The van der Waals surface area contributed by atoms with Crippen molar-refractivity contribution in [2.75, 3.05) is 4.90 Å². The first kappa shape index (κ1) is 19.1. The Morgan fingerprint density at radius 3 is 1.94 bits per heavy atom. The highest BCUT2D eigenvalue weighted by Crippen LogP contribution is 2.53. The fourth-order valence-electron chi connectivity index (χ4n) is 4.87. The first-order chi connectivity index (χ1) is 15.4. The van der Waals surface area contributed by atoms with Gasteiger partial charge in [0.25, 0.3) is 0 Å². The molecule has 0 amide bonds. The molecule has 0 N–H and O–H groups in total. The molecule has 2 aliphatic heterocycles. The maximum atomic E-state index is 13.4. The van der Waals surface area contributed by atoms with Gasteiger partial charge in [-0.3, -0.25) is 0 Å². The van der Waals surface area contributed by atoms with E-state index in [1.54, 1.807) is 36.4 Å². The lowest BCUT2D eigenvalue weighted by Crippen LogP contribution is -2.30. The van der Waals surface area contributed by atoms with Crippen molar-refractivity contribution in [1.82, 2.24) is 0 Å². The SMILES string of the molecule is CC1(C)c2ccccc2N(c2ccc3c(c2)S(=O)(=O)c2ccccc2O3)c2ccccc21. The van der Waals surface area contributed by atoms with Gasteiger partial charge in [0.05, 0.1) is 11.4 Å². The van der Waals surface area contributed by atoms with Crippen molar-refractivity contribution < 1.29 is 13.2 Å². The zero-order chi connectivity index (χ0) is 22.1. The number of ether oxygens (including phenoxy) is 1. The smallest absolute Gasteiger partial charge is 0.214 e. The normalized spacial score (nSPS) is 16.8. The van der Waals surface area contributed by atoms with Crippen molar-refractivity contribution >= 4 is 26.9 Å². The summed E-state index contributed by atoms with van der Waals surface area (Å²) in [6.07, 6.45) is 0. The second-order valence-corrected chi connectivity index (χ2v) is 10.6. The van der Waals surface area contributed by atoms with Crippen LogP contribution in [0.3, 0.4) is 0 Å². The highest BCUT2D eigenvalue weighted by atomic mass is 32.2. The first-order valence-corrected chi connectivity index (χ1v) is 12.0. The van der Waals surface area contributed by atoms with Crippen LogP contribution in [0.5, 0.6) is 11.5 Å². The summed E-state index contributed by atoms with van der Waals surface area (Å²) < 4.78 is 32.8. The molecule has 4 aromatic carbocycles. The van der Waals surface area contributed by atoms with Gasteiger partial charge in [-0.2, -0.15) is 0 Å². The topological polar surface area (TPSA) is 46.6 Å². The van der Waals surface area contributed by atoms with E-state index in [2.05, 4.69) is 55.1 Å². The lowest BCUT2D eigenvalue weighted by Gasteiger charge is -2.42. The van der Waals surface area contributed by atoms with Crippen molar-refractivity contribution in [3.63, 3.8) is 0 Å². The Morgan fingerprint density at radius 2 is 1.25 bits per heavy atom. The van der Waals surface area contributed by atoms with E-state index >= 15 is 0 Å². The van der Waals surface area contributed by atoms with Crippen molar-refractivity contribution in [3.8, 4) is 11.5 Å². The van der Waals surface area contributed by atoms with Crippen molar-refractivity contribution in [1.29, 1.82) is 0 Å². The Bertz CT molecular complexity index is 1460. The Kier molecular flexibility index (Phi) is 3.87. The minimum atomic E-state index is -3.69. The molecule has 0 fully saturated rings. The van der Waals surface area contributed by atoms with E-state index in [4.69, 9.17) is 4.74 Å². The number of para-hydroxylation sites is 3. The molecule has 0 spiro atoms. The van der Waals surface area contributed by atoms with Crippen LogP contribution in [0.4, 0.5) is 17.1 Å². The molecule has 158 valence electrons. The second kappa shape index (κ2) is 6.47. The molecular weight excluding hydrogens is 418 g/mol. The number of sulfone groups is 1. The summed E-state index contributed by atoms with van der Waals surface area (Å²) in [6, 6.07) is 28.8. The van der Waals surface area contributed by atoms with Crippen LogP contribution in [0.1, 0.15) is 25.0 Å². The summed E-state index contributed by atoms with van der Waals surface area (Å²) >= 11 is 0. The van der Waals surface area contributed by atoms with Crippen LogP contribution < -0.4 is 9.64 Å². The third-order valence-electron chi connectivity index (χ3n) is 6.47. The highest BCUT2D eigenvalue weighted by Gasteiger charge is 2.38. The molecule has 4 nitrogen and oxygen atoms in total. The van der Waals surface area contributed by atoms with Gasteiger partial charge in [0.15, 0.2) is 0 Å². The van der Waals surface area contributed by atoms with Crippen LogP contribution in [-0.4, -0.2) is 8.42 Å². The zero-order valence-electron chi connectivity index (χ0n) is 17.7. The van der Waals surface area contributed by atoms with Crippen LogP contribution in [0, 0.1) is 0 Å². The molecule has 0 saturated heterocycles. The van der Waals surface area contributed by atoms with Gasteiger partial charge >= 0.3 is 0 Å². The van der Waals surface area contributed by atoms with Gasteiger partial charge in [0.2, 0.25) is 9.84 Å². The predicted octanol–water partition coefficient (Wildman–Crippen LogP) is 6.73. The minimum Gasteiger partial charge on any atom is -0.455 e. The standard InChI is InChI=1S/C27H21NO3S/c1-27(2)19-9-3-5-11-21(19)28(22-12-6-4-10-20(22)27)18-15-16-24-26(17-18)32(29,30)25-14-8-7-13-23(25)31-24/h3-17H,1-2H3. The number of benzene rings is 4. The van der Waals surface area contributed by atoms with Crippen LogP contribution >= 0.6 is 0 Å². The van der Waals surface area contributed by atoms with Crippen LogP contribution in [-0.2, 0) is 15.3 Å². The quantitative estimate of drug-likeness (QED) is 0.290. The Hall–Kier alpha value is -3.57. The van der Waals surface area contributed by atoms with E-state index in [-0.39, 0.29) is 15.2 Å². The van der Waals surface area contributed by atoms with Crippen molar-refractivity contribution in [2.24, 2.45) is 0 Å². The largest absolute Gasteiger partial charge is 0.455 e. The summed E-state index contributed by atoms with van der Waals surface area (Å²) in [6.45, 7) is 4.45. The van der Waals surface area contributed by atoms with Gasteiger partial charge in [0, 0.05) is 11.1 Å². The second-order valence-electron chi connectivity index (χ2n) is 8.68. The summed E-state index contributed by atoms with van der Waals surface area (Å²) in [4.78, 5) is 2.53. The van der Waals surface area contributed by atoms with E-state index in [0.29, 0.717) is 11.5 Å². The molecule has 2 heterocycles. The number of fused-ring (bicyclic) bond motifs is 4. The monoisotopic (exact) mass is 439 g/mol. The van der Waals surface area contributed by atoms with E-state index in [1.165, 1.54) is 11.1 Å². The van der Waals surface area contributed by atoms with Crippen LogP contribution in [0.2, 0.25) is 0 Å². The van der Waals surface area contributed by atoms with Gasteiger partial charge in [-0.1, -0.05) is 62.4 Å². The highest BCUT2D eigenvalue weighted by molar-refractivity contribution is 7.91. The van der Waals surface area contributed by atoms with Crippen molar-refractivity contribution in [2.45, 2.75) is 29.1 Å². The number of nitrogens with zero attached hydrogens (tertiary/aromatic N) is 1. The summed E-state index contributed by atoms with van der Waals surface area (Å²) in [5.74, 6) is 0.717. The molecule has 6 rings (SSSR count). The fraction of sp³-hybridized carbons (Fsp3) is 0.111. The molecule has 0 bridgehead atoms. The average molecular weight is 440 g/mol.